The Kier molecular flexibility index (Phi) is 2.42. The first-order valence-electron chi connectivity index (χ1n) is 8.38. The minimum absolute atomic E-state index is 0.0998. The van der Waals surface area contributed by atoms with Crippen LogP contribution in [-0.2, 0) is 0 Å². The van der Waals surface area contributed by atoms with Crippen LogP contribution in [0.3, 0.4) is 0 Å². The van der Waals surface area contributed by atoms with Crippen molar-refractivity contribution in [3.63, 3.8) is 0 Å². The summed E-state index contributed by atoms with van der Waals surface area (Å²) in [6.45, 7) is 0. The first-order chi connectivity index (χ1) is 10.2. The van der Waals surface area contributed by atoms with Crippen LogP contribution in [0.2, 0.25) is 0 Å². The maximum Gasteiger partial charge on any atom is 0.134 e. The number of furan rings is 1. The molecule has 6 rings (SSSR count). The molecule has 110 valence electrons. The van der Waals surface area contributed by atoms with Gasteiger partial charge in [-0.15, -0.1) is 0 Å². The van der Waals surface area contributed by atoms with Crippen molar-refractivity contribution in [3.05, 3.63) is 36.1 Å². The van der Waals surface area contributed by atoms with Gasteiger partial charge in [0.15, 0.2) is 0 Å². The molecule has 0 radical (unpaired) electrons. The summed E-state index contributed by atoms with van der Waals surface area (Å²) >= 11 is 0. The van der Waals surface area contributed by atoms with E-state index in [1.54, 1.807) is 0 Å². The predicted molar refractivity (Wildman–Crippen MR) is 81.8 cm³/mol. The number of rotatable bonds is 2. The molecule has 0 saturated heterocycles. The highest BCUT2D eigenvalue weighted by atomic mass is 16.4. The Morgan fingerprint density at radius 1 is 1.00 bits per heavy atom. The fourth-order valence-electron chi connectivity index (χ4n) is 5.95. The van der Waals surface area contributed by atoms with Crippen LogP contribution in [0.25, 0.3) is 11.0 Å². The molecule has 2 nitrogen and oxygen atoms in total. The highest BCUT2D eigenvalue weighted by Crippen LogP contribution is 2.64. The van der Waals surface area contributed by atoms with Gasteiger partial charge in [-0.2, -0.15) is 0 Å². The van der Waals surface area contributed by atoms with E-state index < -0.39 is 6.10 Å². The Labute approximate surface area is 125 Å². The fourth-order valence-corrected chi connectivity index (χ4v) is 5.95. The lowest BCUT2D eigenvalue weighted by atomic mass is 9.48. The lowest BCUT2D eigenvalue weighted by Crippen LogP contribution is -2.48. The second-order valence-corrected chi connectivity index (χ2v) is 7.87. The first kappa shape index (κ1) is 12.3. The molecule has 2 heteroatoms. The third kappa shape index (κ3) is 1.75. The van der Waals surface area contributed by atoms with E-state index in [4.69, 9.17) is 4.42 Å². The topological polar surface area (TPSA) is 33.4 Å². The fraction of sp³-hybridized carbons (Fsp3) is 0.579. The standard InChI is InChI=1S/C19H22O2/c20-18(17-8-15-3-1-2-4-16(15)21-17)19-9-12-5-13(10-19)7-14(6-12)11-19/h1-4,8,12-14,18,20H,5-7,9-11H2. The molecule has 1 unspecified atom stereocenters. The second-order valence-electron chi connectivity index (χ2n) is 7.87. The number of aliphatic hydroxyl groups excluding tert-OH is 1. The van der Waals surface area contributed by atoms with Gasteiger partial charge in [0.1, 0.15) is 17.4 Å². The van der Waals surface area contributed by atoms with Crippen molar-refractivity contribution in [2.75, 3.05) is 0 Å². The SMILES string of the molecule is OC(c1cc2ccccc2o1)C12CC3CC(CC(C3)C1)C2. The van der Waals surface area contributed by atoms with Crippen LogP contribution in [0.4, 0.5) is 0 Å². The van der Waals surface area contributed by atoms with E-state index in [2.05, 4.69) is 12.1 Å². The van der Waals surface area contributed by atoms with Crippen molar-refractivity contribution in [2.45, 2.75) is 44.6 Å². The second kappa shape index (κ2) is 4.13. The van der Waals surface area contributed by atoms with Gasteiger partial charge >= 0.3 is 0 Å². The number of hydrogen-bond donors (Lipinski definition) is 1. The molecular weight excluding hydrogens is 260 g/mol. The summed E-state index contributed by atoms with van der Waals surface area (Å²) < 4.78 is 5.97. The molecule has 21 heavy (non-hydrogen) atoms. The van der Waals surface area contributed by atoms with Crippen molar-refractivity contribution in [2.24, 2.45) is 23.2 Å². The number of aliphatic hydroxyl groups is 1. The Morgan fingerprint density at radius 3 is 2.24 bits per heavy atom. The molecule has 4 aliphatic carbocycles. The molecule has 4 bridgehead atoms. The monoisotopic (exact) mass is 282 g/mol. The van der Waals surface area contributed by atoms with Gasteiger partial charge in [0.05, 0.1) is 0 Å². The van der Waals surface area contributed by atoms with E-state index in [0.29, 0.717) is 0 Å². The van der Waals surface area contributed by atoms with Gasteiger partial charge in [0, 0.05) is 10.8 Å². The number of hydrogen-bond acceptors (Lipinski definition) is 2. The minimum atomic E-state index is -0.418. The summed E-state index contributed by atoms with van der Waals surface area (Å²) in [5.74, 6) is 3.36. The first-order valence-corrected chi connectivity index (χ1v) is 8.38. The molecule has 4 aliphatic rings. The average molecular weight is 282 g/mol. The number of para-hydroxylation sites is 1. The van der Waals surface area contributed by atoms with Crippen LogP contribution in [0.1, 0.15) is 50.4 Å². The average Bonchev–Trinajstić information content (AvgIpc) is 2.88. The van der Waals surface area contributed by atoms with E-state index in [-0.39, 0.29) is 5.41 Å². The van der Waals surface area contributed by atoms with E-state index in [0.717, 1.165) is 34.5 Å². The zero-order valence-electron chi connectivity index (χ0n) is 12.3. The van der Waals surface area contributed by atoms with Crippen LogP contribution in [0, 0.1) is 23.2 Å². The molecule has 1 atom stereocenters. The van der Waals surface area contributed by atoms with Crippen molar-refractivity contribution in [1.29, 1.82) is 0 Å². The van der Waals surface area contributed by atoms with Gasteiger partial charge < -0.3 is 9.52 Å². The molecule has 2 aromatic rings. The molecule has 4 saturated carbocycles. The lowest BCUT2D eigenvalue weighted by molar-refractivity contribution is -0.127. The van der Waals surface area contributed by atoms with E-state index in [9.17, 15) is 5.11 Å². The molecule has 1 aromatic carbocycles. The Balaban J connectivity index is 1.54. The van der Waals surface area contributed by atoms with E-state index in [1.807, 2.05) is 18.2 Å². The van der Waals surface area contributed by atoms with Crippen LogP contribution in [-0.4, -0.2) is 5.11 Å². The van der Waals surface area contributed by atoms with E-state index >= 15 is 0 Å². The summed E-state index contributed by atoms with van der Waals surface area (Å²) in [5, 5.41) is 12.2. The molecule has 1 heterocycles. The van der Waals surface area contributed by atoms with Crippen LogP contribution < -0.4 is 0 Å². The normalized spacial score (nSPS) is 39.0. The van der Waals surface area contributed by atoms with Crippen molar-refractivity contribution < 1.29 is 9.52 Å². The van der Waals surface area contributed by atoms with Crippen molar-refractivity contribution in [1.82, 2.24) is 0 Å². The zero-order chi connectivity index (χ0) is 14.0. The third-order valence-corrected chi connectivity index (χ3v) is 6.38. The highest BCUT2D eigenvalue weighted by Gasteiger charge is 2.54. The Morgan fingerprint density at radius 2 is 1.62 bits per heavy atom. The number of fused-ring (bicyclic) bond motifs is 1. The third-order valence-electron chi connectivity index (χ3n) is 6.38. The van der Waals surface area contributed by atoms with Crippen LogP contribution in [0.5, 0.6) is 0 Å². The maximum absolute atomic E-state index is 11.1. The molecule has 0 spiro atoms. The minimum Gasteiger partial charge on any atom is -0.458 e. The van der Waals surface area contributed by atoms with Crippen LogP contribution in [0.15, 0.2) is 34.7 Å². The highest BCUT2D eigenvalue weighted by molar-refractivity contribution is 5.77. The van der Waals surface area contributed by atoms with Crippen molar-refractivity contribution >= 4 is 11.0 Å². The molecule has 1 aromatic heterocycles. The Hall–Kier alpha value is -1.28. The molecule has 0 aliphatic heterocycles. The van der Waals surface area contributed by atoms with Gasteiger partial charge in [-0.3, -0.25) is 0 Å². The summed E-state index contributed by atoms with van der Waals surface area (Å²) in [7, 11) is 0. The summed E-state index contributed by atoms with van der Waals surface area (Å²) in [5.41, 5.74) is 0.999. The summed E-state index contributed by atoms with van der Waals surface area (Å²) in [6.07, 6.45) is 7.42. The quantitative estimate of drug-likeness (QED) is 0.867. The van der Waals surface area contributed by atoms with Crippen LogP contribution >= 0.6 is 0 Å². The Bertz CT molecular complexity index is 615. The van der Waals surface area contributed by atoms with Gasteiger partial charge in [0.25, 0.3) is 0 Å². The molecule has 4 fully saturated rings. The molecule has 0 amide bonds. The molecular formula is C19H22O2. The van der Waals surface area contributed by atoms with Crippen molar-refractivity contribution in [3.8, 4) is 0 Å². The van der Waals surface area contributed by atoms with Gasteiger partial charge in [-0.1, -0.05) is 18.2 Å². The van der Waals surface area contributed by atoms with Gasteiger partial charge in [-0.05, 0) is 68.4 Å². The largest absolute Gasteiger partial charge is 0.458 e. The van der Waals surface area contributed by atoms with Gasteiger partial charge in [-0.25, -0.2) is 0 Å². The smallest absolute Gasteiger partial charge is 0.134 e. The summed E-state index contributed by atoms with van der Waals surface area (Å²) in [6, 6.07) is 10.1. The predicted octanol–water partition coefficient (Wildman–Crippen LogP) is 4.68. The number of benzene rings is 1. The van der Waals surface area contributed by atoms with E-state index in [1.165, 1.54) is 38.5 Å². The maximum atomic E-state index is 11.1. The van der Waals surface area contributed by atoms with Gasteiger partial charge in [0.2, 0.25) is 0 Å². The lowest BCUT2D eigenvalue weighted by Gasteiger charge is -2.58. The molecule has 1 N–H and O–H groups in total. The summed E-state index contributed by atoms with van der Waals surface area (Å²) in [4.78, 5) is 0. The zero-order valence-corrected chi connectivity index (χ0v) is 12.3.